The van der Waals surface area contributed by atoms with E-state index >= 15 is 0 Å². The molecule has 5 heteroatoms. The van der Waals surface area contributed by atoms with Gasteiger partial charge in [0.15, 0.2) is 0 Å². The summed E-state index contributed by atoms with van der Waals surface area (Å²) in [6.07, 6.45) is 3.07. The van der Waals surface area contributed by atoms with Gasteiger partial charge in [0, 0.05) is 19.6 Å². The van der Waals surface area contributed by atoms with Crippen molar-refractivity contribution in [1.29, 1.82) is 0 Å². The highest BCUT2D eigenvalue weighted by Crippen LogP contribution is 2.12. The first-order valence-electron chi connectivity index (χ1n) is 7.22. The first kappa shape index (κ1) is 13.3. The molecule has 1 saturated heterocycles. The van der Waals surface area contributed by atoms with Crippen LogP contribution in [-0.2, 0) is 6.54 Å². The Morgan fingerprint density at radius 3 is 2.85 bits per heavy atom. The second-order valence-corrected chi connectivity index (χ2v) is 5.35. The van der Waals surface area contributed by atoms with E-state index in [-0.39, 0.29) is 0 Å². The van der Waals surface area contributed by atoms with Crippen LogP contribution in [0.1, 0.15) is 17.7 Å². The number of nitrogens with zero attached hydrogens (tertiary/aromatic N) is 4. The first-order chi connectivity index (χ1) is 9.83. The summed E-state index contributed by atoms with van der Waals surface area (Å²) in [6, 6.07) is 8.41. The van der Waals surface area contributed by atoms with Crippen LogP contribution in [0.4, 0.5) is 0 Å². The fourth-order valence-electron chi connectivity index (χ4n) is 2.56. The number of rotatable bonds is 3. The Hall–Kier alpha value is -1.72. The molecule has 20 heavy (non-hydrogen) atoms. The Bertz CT molecular complexity index is 538. The summed E-state index contributed by atoms with van der Waals surface area (Å²) in [4.78, 5) is 2.46. The second kappa shape index (κ2) is 6.15. The Morgan fingerprint density at radius 2 is 2.00 bits per heavy atom. The van der Waals surface area contributed by atoms with E-state index in [0.29, 0.717) is 0 Å². The maximum absolute atomic E-state index is 4.23. The number of aryl methyl sites for hydroxylation is 1. The summed E-state index contributed by atoms with van der Waals surface area (Å²) in [5.41, 5.74) is 3.49. The molecular weight excluding hydrogens is 250 g/mol. The van der Waals surface area contributed by atoms with Crippen molar-refractivity contribution in [1.82, 2.24) is 25.2 Å². The number of hydrogen-bond acceptors (Lipinski definition) is 4. The van der Waals surface area contributed by atoms with Crippen LogP contribution >= 0.6 is 0 Å². The average Bonchev–Trinajstić information content (AvgIpc) is 2.75. The maximum Gasteiger partial charge on any atom is 0.0786 e. The minimum Gasteiger partial charge on any atom is -0.315 e. The van der Waals surface area contributed by atoms with Gasteiger partial charge >= 0.3 is 0 Å². The monoisotopic (exact) mass is 271 g/mol. The molecule has 1 fully saturated rings. The molecule has 0 unspecified atom stereocenters. The zero-order chi connectivity index (χ0) is 13.8. The Kier molecular flexibility index (Phi) is 4.08. The van der Waals surface area contributed by atoms with E-state index in [1.165, 1.54) is 12.0 Å². The van der Waals surface area contributed by atoms with E-state index in [4.69, 9.17) is 0 Å². The largest absolute Gasteiger partial charge is 0.315 e. The van der Waals surface area contributed by atoms with E-state index in [1.807, 2.05) is 10.9 Å². The van der Waals surface area contributed by atoms with Crippen LogP contribution < -0.4 is 5.32 Å². The average molecular weight is 271 g/mol. The highest BCUT2D eigenvalue weighted by Gasteiger charge is 2.13. The zero-order valence-electron chi connectivity index (χ0n) is 11.9. The molecule has 1 N–H and O–H groups in total. The topological polar surface area (TPSA) is 46.0 Å². The third-order valence-corrected chi connectivity index (χ3v) is 3.72. The van der Waals surface area contributed by atoms with Crippen molar-refractivity contribution in [2.24, 2.45) is 0 Å². The van der Waals surface area contributed by atoms with Crippen molar-refractivity contribution >= 4 is 0 Å². The highest BCUT2D eigenvalue weighted by atomic mass is 15.4. The first-order valence-corrected chi connectivity index (χ1v) is 7.22. The van der Waals surface area contributed by atoms with Gasteiger partial charge in [-0.25, -0.2) is 4.68 Å². The van der Waals surface area contributed by atoms with Crippen LogP contribution in [0.25, 0.3) is 5.69 Å². The summed E-state index contributed by atoms with van der Waals surface area (Å²) in [5, 5.41) is 11.7. The van der Waals surface area contributed by atoms with Crippen molar-refractivity contribution in [2.45, 2.75) is 19.9 Å². The molecule has 1 aliphatic rings. The van der Waals surface area contributed by atoms with Crippen LogP contribution in [0.15, 0.2) is 30.5 Å². The SMILES string of the molecule is Cc1ccc(-n2nncc2CN2CCCNCC2)cc1. The van der Waals surface area contributed by atoms with E-state index in [0.717, 1.165) is 44.1 Å². The van der Waals surface area contributed by atoms with Crippen molar-refractivity contribution in [2.75, 3.05) is 26.2 Å². The van der Waals surface area contributed by atoms with Gasteiger partial charge in [-0.15, -0.1) is 5.10 Å². The predicted molar refractivity (Wildman–Crippen MR) is 78.9 cm³/mol. The Labute approximate surface area is 119 Å². The van der Waals surface area contributed by atoms with Gasteiger partial charge in [0.1, 0.15) is 0 Å². The quantitative estimate of drug-likeness (QED) is 0.916. The number of aromatic nitrogens is 3. The molecule has 0 saturated carbocycles. The molecule has 1 aromatic carbocycles. The number of nitrogens with one attached hydrogen (secondary N) is 1. The van der Waals surface area contributed by atoms with Crippen molar-refractivity contribution in [3.8, 4) is 5.69 Å². The Morgan fingerprint density at radius 1 is 1.15 bits per heavy atom. The molecule has 0 amide bonds. The molecule has 0 bridgehead atoms. The van der Waals surface area contributed by atoms with E-state index in [9.17, 15) is 0 Å². The molecule has 3 rings (SSSR count). The summed E-state index contributed by atoms with van der Waals surface area (Å²) >= 11 is 0. The molecular formula is C15H21N5. The molecule has 0 spiro atoms. The highest BCUT2D eigenvalue weighted by molar-refractivity contribution is 5.34. The van der Waals surface area contributed by atoms with E-state index in [1.54, 1.807) is 0 Å². The van der Waals surface area contributed by atoms with Gasteiger partial charge in [-0.1, -0.05) is 22.9 Å². The standard InChI is InChI=1S/C15H21N5/c1-13-3-5-14(6-4-13)20-15(11-17-18-20)12-19-9-2-7-16-8-10-19/h3-6,11,16H,2,7-10,12H2,1H3. The minimum absolute atomic E-state index is 0.905. The molecule has 106 valence electrons. The normalized spacial score (nSPS) is 17.1. The van der Waals surface area contributed by atoms with Crippen LogP contribution in [0, 0.1) is 6.92 Å². The second-order valence-electron chi connectivity index (χ2n) is 5.35. The molecule has 1 aromatic heterocycles. The smallest absolute Gasteiger partial charge is 0.0786 e. The van der Waals surface area contributed by atoms with Gasteiger partial charge in [0.05, 0.1) is 17.6 Å². The maximum atomic E-state index is 4.23. The molecule has 0 aliphatic carbocycles. The lowest BCUT2D eigenvalue weighted by molar-refractivity contribution is 0.278. The van der Waals surface area contributed by atoms with Gasteiger partial charge in [-0.05, 0) is 38.6 Å². The van der Waals surface area contributed by atoms with Gasteiger partial charge in [0.2, 0.25) is 0 Å². The van der Waals surface area contributed by atoms with Crippen molar-refractivity contribution in [3.05, 3.63) is 41.7 Å². The third-order valence-electron chi connectivity index (χ3n) is 3.72. The van der Waals surface area contributed by atoms with E-state index in [2.05, 4.69) is 51.7 Å². The lowest BCUT2D eigenvalue weighted by Crippen LogP contribution is -2.28. The van der Waals surface area contributed by atoms with Gasteiger partial charge < -0.3 is 5.32 Å². The molecule has 2 aromatic rings. The fraction of sp³-hybridized carbons (Fsp3) is 0.467. The summed E-state index contributed by atoms with van der Waals surface area (Å²) < 4.78 is 1.94. The third kappa shape index (κ3) is 3.05. The lowest BCUT2D eigenvalue weighted by atomic mass is 10.2. The molecule has 1 aliphatic heterocycles. The van der Waals surface area contributed by atoms with Crippen LogP contribution in [0.5, 0.6) is 0 Å². The summed E-state index contributed by atoms with van der Waals surface area (Å²) in [7, 11) is 0. The molecule has 5 nitrogen and oxygen atoms in total. The number of benzene rings is 1. The molecule has 0 atom stereocenters. The predicted octanol–water partition coefficient (Wildman–Crippen LogP) is 1.37. The van der Waals surface area contributed by atoms with Crippen LogP contribution in [-0.4, -0.2) is 46.1 Å². The molecule has 2 heterocycles. The fourth-order valence-corrected chi connectivity index (χ4v) is 2.56. The van der Waals surface area contributed by atoms with Gasteiger partial charge in [-0.3, -0.25) is 4.90 Å². The van der Waals surface area contributed by atoms with Gasteiger partial charge in [-0.2, -0.15) is 0 Å². The lowest BCUT2D eigenvalue weighted by Gasteiger charge is -2.19. The molecule has 0 radical (unpaired) electrons. The number of hydrogen-bond donors (Lipinski definition) is 1. The van der Waals surface area contributed by atoms with Crippen LogP contribution in [0.3, 0.4) is 0 Å². The van der Waals surface area contributed by atoms with Crippen LogP contribution in [0.2, 0.25) is 0 Å². The minimum atomic E-state index is 0.905. The zero-order valence-corrected chi connectivity index (χ0v) is 11.9. The summed E-state index contributed by atoms with van der Waals surface area (Å²) in [6.45, 7) is 7.39. The van der Waals surface area contributed by atoms with Crippen molar-refractivity contribution < 1.29 is 0 Å². The Balaban J connectivity index is 1.77. The summed E-state index contributed by atoms with van der Waals surface area (Å²) in [5.74, 6) is 0. The van der Waals surface area contributed by atoms with Gasteiger partial charge in [0.25, 0.3) is 0 Å². The van der Waals surface area contributed by atoms with Crippen molar-refractivity contribution in [3.63, 3.8) is 0 Å². The van der Waals surface area contributed by atoms with E-state index < -0.39 is 0 Å².